The Morgan fingerprint density at radius 1 is 1.20 bits per heavy atom. The topological polar surface area (TPSA) is 69.0 Å². The summed E-state index contributed by atoms with van der Waals surface area (Å²) in [6, 6.07) is 13.4. The second-order valence-corrected chi connectivity index (χ2v) is 8.59. The number of benzene rings is 2. The predicted octanol–water partition coefficient (Wildman–Crippen LogP) is 5.44. The van der Waals surface area contributed by atoms with Gasteiger partial charge in [0.1, 0.15) is 12.4 Å². The average molecular weight is 445 g/mol. The molecule has 2 aromatic carbocycles. The van der Waals surface area contributed by atoms with Gasteiger partial charge in [0, 0.05) is 6.04 Å². The van der Waals surface area contributed by atoms with Crippen molar-refractivity contribution in [1.29, 1.82) is 0 Å². The first-order chi connectivity index (χ1) is 14.3. The fourth-order valence-electron chi connectivity index (χ4n) is 2.91. The molecule has 0 radical (unpaired) electrons. The van der Waals surface area contributed by atoms with Crippen molar-refractivity contribution in [1.82, 2.24) is 14.8 Å². The summed E-state index contributed by atoms with van der Waals surface area (Å²) in [6.45, 7) is 8.46. The molecule has 0 spiro atoms. The molecule has 6 nitrogen and oxygen atoms in total. The van der Waals surface area contributed by atoms with E-state index in [1.807, 2.05) is 42.7 Å². The predicted molar refractivity (Wildman–Crippen MR) is 121 cm³/mol. The number of ether oxygens (including phenoxy) is 1. The SMILES string of the molecule is Cc1ccc(C)c(OCc2nnc(SCC(=O)Nc3ccccc3Cl)n2C(C)C)c1. The van der Waals surface area contributed by atoms with Gasteiger partial charge in [-0.2, -0.15) is 0 Å². The molecule has 0 atom stereocenters. The molecule has 0 saturated carbocycles. The van der Waals surface area contributed by atoms with Crippen LogP contribution in [0.3, 0.4) is 0 Å². The maximum atomic E-state index is 12.3. The Morgan fingerprint density at radius 3 is 2.70 bits per heavy atom. The number of nitrogens with zero attached hydrogens (tertiary/aromatic N) is 3. The van der Waals surface area contributed by atoms with Crippen molar-refractivity contribution < 1.29 is 9.53 Å². The molecular weight excluding hydrogens is 420 g/mol. The van der Waals surface area contributed by atoms with E-state index in [1.54, 1.807) is 12.1 Å². The lowest BCUT2D eigenvalue weighted by Gasteiger charge is -2.15. The van der Waals surface area contributed by atoms with E-state index in [0.717, 1.165) is 22.7 Å². The van der Waals surface area contributed by atoms with Gasteiger partial charge in [-0.05, 0) is 57.0 Å². The van der Waals surface area contributed by atoms with Crippen LogP contribution < -0.4 is 10.1 Å². The third-order valence-electron chi connectivity index (χ3n) is 4.43. The molecule has 3 aromatic rings. The molecule has 1 heterocycles. The van der Waals surface area contributed by atoms with Crippen LogP contribution in [0.15, 0.2) is 47.6 Å². The molecule has 0 unspecified atom stereocenters. The maximum absolute atomic E-state index is 12.3. The van der Waals surface area contributed by atoms with Crippen molar-refractivity contribution in [2.75, 3.05) is 11.1 Å². The van der Waals surface area contributed by atoms with Gasteiger partial charge in [0.15, 0.2) is 11.0 Å². The van der Waals surface area contributed by atoms with Crippen molar-refractivity contribution in [3.05, 3.63) is 64.4 Å². The summed E-state index contributed by atoms with van der Waals surface area (Å²) in [5.74, 6) is 1.61. The minimum atomic E-state index is -0.153. The highest BCUT2D eigenvalue weighted by atomic mass is 35.5. The van der Waals surface area contributed by atoms with Crippen LogP contribution in [0.5, 0.6) is 5.75 Å². The molecular formula is C22H25ClN4O2S. The van der Waals surface area contributed by atoms with Crippen molar-refractivity contribution in [2.45, 2.75) is 45.5 Å². The van der Waals surface area contributed by atoms with Crippen LogP contribution in [-0.4, -0.2) is 26.4 Å². The summed E-state index contributed by atoms with van der Waals surface area (Å²) in [5.41, 5.74) is 2.81. The number of aryl methyl sites for hydroxylation is 2. The standard InChI is InChI=1S/C22H25ClN4O2S/c1-14(2)27-20(12-29-19-11-15(3)9-10-16(19)4)25-26-22(27)30-13-21(28)24-18-8-6-5-7-17(18)23/h5-11,14H,12-13H2,1-4H3,(H,24,28). The van der Waals surface area contributed by atoms with Crippen LogP contribution in [0.1, 0.15) is 36.8 Å². The lowest BCUT2D eigenvalue weighted by Crippen LogP contribution is -2.15. The van der Waals surface area contributed by atoms with Gasteiger partial charge in [-0.15, -0.1) is 10.2 Å². The second kappa shape index (κ2) is 10.00. The molecule has 0 bridgehead atoms. The number of nitrogens with one attached hydrogen (secondary N) is 1. The van der Waals surface area contributed by atoms with Crippen LogP contribution in [0, 0.1) is 13.8 Å². The molecule has 1 N–H and O–H groups in total. The fourth-order valence-corrected chi connectivity index (χ4v) is 3.98. The van der Waals surface area contributed by atoms with E-state index < -0.39 is 0 Å². The zero-order chi connectivity index (χ0) is 21.7. The summed E-state index contributed by atoms with van der Waals surface area (Å²) < 4.78 is 8.00. The quantitative estimate of drug-likeness (QED) is 0.468. The summed E-state index contributed by atoms with van der Waals surface area (Å²) in [5, 5.41) is 12.6. The molecule has 0 aliphatic rings. The molecule has 0 fully saturated rings. The number of halogens is 1. The Bertz CT molecular complexity index is 1040. The molecule has 1 aromatic heterocycles. The number of amides is 1. The average Bonchev–Trinajstić information content (AvgIpc) is 3.12. The van der Waals surface area contributed by atoms with E-state index >= 15 is 0 Å². The third kappa shape index (κ3) is 5.55. The zero-order valence-corrected chi connectivity index (χ0v) is 19.0. The van der Waals surface area contributed by atoms with E-state index in [0.29, 0.717) is 22.5 Å². The first kappa shape index (κ1) is 22.2. The summed E-state index contributed by atoms with van der Waals surface area (Å²) in [6.07, 6.45) is 0. The number of carbonyl (C=O) groups is 1. The number of thioether (sulfide) groups is 1. The highest BCUT2D eigenvalue weighted by Crippen LogP contribution is 2.25. The molecule has 0 aliphatic heterocycles. The first-order valence-electron chi connectivity index (χ1n) is 9.66. The van der Waals surface area contributed by atoms with Crippen LogP contribution in [0.25, 0.3) is 0 Å². The van der Waals surface area contributed by atoms with Crippen molar-refractivity contribution >= 4 is 35.0 Å². The lowest BCUT2D eigenvalue weighted by atomic mass is 10.1. The van der Waals surface area contributed by atoms with Crippen LogP contribution in [-0.2, 0) is 11.4 Å². The van der Waals surface area contributed by atoms with E-state index in [1.165, 1.54) is 11.8 Å². The van der Waals surface area contributed by atoms with Crippen LogP contribution in [0.4, 0.5) is 5.69 Å². The van der Waals surface area contributed by atoms with Crippen molar-refractivity contribution in [3.8, 4) is 5.75 Å². The summed E-state index contributed by atoms with van der Waals surface area (Å²) >= 11 is 7.44. The second-order valence-electron chi connectivity index (χ2n) is 7.24. The number of hydrogen-bond donors (Lipinski definition) is 1. The number of hydrogen-bond acceptors (Lipinski definition) is 5. The van der Waals surface area contributed by atoms with Gasteiger partial charge < -0.3 is 14.6 Å². The molecule has 8 heteroatoms. The maximum Gasteiger partial charge on any atom is 0.234 e. The zero-order valence-electron chi connectivity index (χ0n) is 17.5. The third-order valence-corrected chi connectivity index (χ3v) is 5.70. The molecule has 1 amide bonds. The van der Waals surface area contributed by atoms with Gasteiger partial charge >= 0.3 is 0 Å². The number of anilines is 1. The Kier molecular flexibility index (Phi) is 7.39. The smallest absolute Gasteiger partial charge is 0.234 e. The van der Waals surface area contributed by atoms with E-state index in [-0.39, 0.29) is 17.7 Å². The minimum Gasteiger partial charge on any atom is -0.485 e. The van der Waals surface area contributed by atoms with Gasteiger partial charge in [-0.25, -0.2) is 0 Å². The fraction of sp³-hybridized carbons (Fsp3) is 0.318. The lowest BCUT2D eigenvalue weighted by molar-refractivity contribution is -0.113. The Morgan fingerprint density at radius 2 is 1.97 bits per heavy atom. The number of rotatable bonds is 8. The Labute approximate surface area is 186 Å². The van der Waals surface area contributed by atoms with Crippen molar-refractivity contribution in [2.24, 2.45) is 0 Å². The number of aromatic nitrogens is 3. The molecule has 3 rings (SSSR count). The normalized spacial score (nSPS) is 11.0. The summed E-state index contributed by atoms with van der Waals surface area (Å²) in [4.78, 5) is 12.3. The first-order valence-corrected chi connectivity index (χ1v) is 11.0. The van der Waals surface area contributed by atoms with Gasteiger partial charge in [0.05, 0.1) is 16.5 Å². The van der Waals surface area contributed by atoms with Crippen LogP contribution >= 0.6 is 23.4 Å². The van der Waals surface area contributed by atoms with Gasteiger partial charge in [-0.1, -0.05) is 47.6 Å². The molecule has 0 aliphatic carbocycles. The highest BCUT2D eigenvalue weighted by molar-refractivity contribution is 7.99. The Hall–Kier alpha value is -2.51. The van der Waals surface area contributed by atoms with E-state index in [2.05, 4.69) is 35.4 Å². The van der Waals surface area contributed by atoms with Gasteiger partial charge in [0.25, 0.3) is 0 Å². The number of para-hydroxylation sites is 1. The monoisotopic (exact) mass is 444 g/mol. The van der Waals surface area contributed by atoms with Crippen LogP contribution in [0.2, 0.25) is 5.02 Å². The van der Waals surface area contributed by atoms with E-state index in [4.69, 9.17) is 16.3 Å². The summed E-state index contributed by atoms with van der Waals surface area (Å²) in [7, 11) is 0. The molecule has 158 valence electrons. The Balaban J connectivity index is 1.66. The highest BCUT2D eigenvalue weighted by Gasteiger charge is 2.17. The molecule has 0 saturated heterocycles. The van der Waals surface area contributed by atoms with Gasteiger partial charge in [-0.3, -0.25) is 4.79 Å². The van der Waals surface area contributed by atoms with E-state index in [9.17, 15) is 4.79 Å². The van der Waals surface area contributed by atoms with Crippen molar-refractivity contribution in [3.63, 3.8) is 0 Å². The molecule has 30 heavy (non-hydrogen) atoms. The minimum absolute atomic E-state index is 0.131. The number of carbonyl (C=O) groups excluding carboxylic acids is 1. The van der Waals surface area contributed by atoms with Gasteiger partial charge in [0.2, 0.25) is 5.91 Å². The largest absolute Gasteiger partial charge is 0.485 e.